The molecule has 1 saturated heterocycles. The van der Waals surface area contributed by atoms with Crippen LogP contribution in [0.15, 0.2) is 24.3 Å². The van der Waals surface area contributed by atoms with Crippen LogP contribution in [-0.2, 0) is 4.79 Å². The second-order valence-corrected chi connectivity index (χ2v) is 6.72. The van der Waals surface area contributed by atoms with Crippen LogP contribution < -0.4 is 5.73 Å². The number of carbonyl (C=O) groups excluding carboxylic acids is 2. The molecule has 130 valence electrons. The van der Waals surface area contributed by atoms with Gasteiger partial charge in [0.1, 0.15) is 5.82 Å². The molecule has 0 radical (unpaired) electrons. The fourth-order valence-electron chi connectivity index (χ4n) is 3.64. The lowest BCUT2D eigenvalue weighted by Crippen LogP contribution is -2.40. The van der Waals surface area contributed by atoms with Crippen molar-refractivity contribution in [1.29, 1.82) is 0 Å². The number of hydrogen-bond donors (Lipinski definition) is 1. The van der Waals surface area contributed by atoms with E-state index in [0.717, 1.165) is 19.3 Å². The first-order chi connectivity index (χ1) is 11.6. The summed E-state index contributed by atoms with van der Waals surface area (Å²) < 4.78 is 13.8. The molecular formula is C18H24FN3O2. The van der Waals surface area contributed by atoms with Crippen molar-refractivity contribution in [2.24, 2.45) is 11.7 Å². The van der Waals surface area contributed by atoms with Gasteiger partial charge < -0.3 is 15.5 Å². The maximum Gasteiger partial charge on any atom is 0.256 e. The van der Waals surface area contributed by atoms with Gasteiger partial charge in [0, 0.05) is 38.1 Å². The Bertz CT molecular complexity index is 622. The molecule has 1 aliphatic heterocycles. The van der Waals surface area contributed by atoms with E-state index >= 15 is 0 Å². The van der Waals surface area contributed by atoms with Gasteiger partial charge in [0.05, 0.1) is 5.56 Å². The lowest BCUT2D eigenvalue weighted by atomic mass is 10.1. The second kappa shape index (κ2) is 7.30. The Kier molecular flexibility index (Phi) is 5.14. The smallest absolute Gasteiger partial charge is 0.256 e. The molecule has 2 N–H and O–H groups in total. The average Bonchev–Trinajstić information content (AvgIpc) is 2.87. The molecule has 6 heteroatoms. The third-order valence-corrected chi connectivity index (χ3v) is 5.02. The van der Waals surface area contributed by atoms with Crippen molar-refractivity contribution >= 4 is 11.8 Å². The summed E-state index contributed by atoms with van der Waals surface area (Å²) >= 11 is 0. The topological polar surface area (TPSA) is 66.6 Å². The lowest BCUT2D eigenvalue weighted by Gasteiger charge is -2.24. The predicted molar refractivity (Wildman–Crippen MR) is 88.8 cm³/mol. The van der Waals surface area contributed by atoms with Crippen LogP contribution in [0.1, 0.15) is 36.0 Å². The van der Waals surface area contributed by atoms with Gasteiger partial charge in [-0.3, -0.25) is 9.59 Å². The number of hydrogen-bond acceptors (Lipinski definition) is 3. The summed E-state index contributed by atoms with van der Waals surface area (Å²) in [6, 6.07) is 6.16. The molecule has 0 bridgehead atoms. The van der Waals surface area contributed by atoms with Crippen LogP contribution in [0.2, 0.25) is 0 Å². The van der Waals surface area contributed by atoms with Crippen molar-refractivity contribution in [1.82, 2.24) is 9.80 Å². The van der Waals surface area contributed by atoms with Crippen molar-refractivity contribution in [3.05, 3.63) is 35.6 Å². The molecule has 5 nitrogen and oxygen atoms in total. The van der Waals surface area contributed by atoms with E-state index in [0.29, 0.717) is 32.6 Å². The maximum absolute atomic E-state index is 13.8. The monoisotopic (exact) mass is 333 g/mol. The SMILES string of the molecule is NC1CCC(C(=O)N2CCCN(C(=O)c3ccccc3F)CC2)C1. The molecule has 3 rings (SSSR count). The first kappa shape index (κ1) is 16.9. The summed E-state index contributed by atoms with van der Waals surface area (Å²) in [6.45, 7) is 2.13. The molecule has 1 aromatic rings. The van der Waals surface area contributed by atoms with Crippen molar-refractivity contribution in [2.45, 2.75) is 31.7 Å². The van der Waals surface area contributed by atoms with Gasteiger partial charge in [-0.05, 0) is 37.8 Å². The number of benzene rings is 1. The Balaban J connectivity index is 1.62. The van der Waals surface area contributed by atoms with Crippen LogP contribution in [-0.4, -0.2) is 53.8 Å². The van der Waals surface area contributed by atoms with Crippen LogP contribution in [0, 0.1) is 11.7 Å². The molecule has 1 heterocycles. The molecule has 0 aromatic heterocycles. The molecule has 1 saturated carbocycles. The Morgan fingerprint density at radius 3 is 2.46 bits per heavy atom. The van der Waals surface area contributed by atoms with E-state index in [4.69, 9.17) is 5.73 Å². The summed E-state index contributed by atoms with van der Waals surface area (Å²) in [7, 11) is 0. The quantitative estimate of drug-likeness (QED) is 0.894. The van der Waals surface area contributed by atoms with E-state index in [1.807, 2.05) is 4.90 Å². The lowest BCUT2D eigenvalue weighted by molar-refractivity contribution is -0.135. The maximum atomic E-state index is 13.8. The number of halogens is 1. The number of rotatable bonds is 2. The number of carbonyl (C=O) groups is 2. The van der Waals surface area contributed by atoms with Crippen molar-refractivity contribution in [2.75, 3.05) is 26.2 Å². The van der Waals surface area contributed by atoms with Gasteiger partial charge in [-0.1, -0.05) is 12.1 Å². The third-order valence-electron chi connectivity index (χ3n) is 5.02. The summed E-state index contributed by atoms with van der Waals surface area (Å²) in [5.41, 5.74) is 6.00. The highest BCUT2D eigenvalue weighted by molar-refractivity contribution is 5.94. The van der Waals surface area contributed by atoms with Crippen LogP contribution in [0.4, 0.5) is 4.39 Å². The minimum atomic E-state index is -0.500. The highest BCUT2D eigenvalue weighted by atomic mass is 19.1. The van der Waals surface area contributed by atoms with E-state index < -0.39 is 5.82 Å². The van der Waals surface area contributed by atoms with E-state index in [-0.39, 0.29) is 29.3 Å². The van der Waals surface area contributed by atoms with Crippen molar-refractivity contribution in [3.63, 3.8) is 0 Å². The first-order valence-corrected chi connectivity index (χ1v) is 8.64. The minimum Gasteiger partial charge on any atom is -0.341 e. The van der Waals surface area contributed by atoms with E-state index in [2.05, 4.69) is 0 Å². The minimum absolute atomic E-state index is 0.0221. The molecule has 1 aromatic carbocycles. The Labute approximate surface area is 141 Å². The molecule has 24 heavy (non-hydrogen) atoms. The fourth-order valence-corrected chi connectivity index (χ4v) is 3.64. The zero-order valence-corrected chi connectivity index (χ0v) is 13.8. The summed E-state index contributed by atoms with van der Waals surface area (Å²) in [6.07, 6.45) is 3.23. The first-order valence-electron chi connectivity index (χ1n) is 8.64. The molecular weight excluding hydrogens is 309 g/mol. The Morgan fingerprint density at radius 2 is 1.75 bits per heavy atom. The van der Waals surface area contributed by atoms with Crippen LogP contribution >= 0.6 is 0 Å². The molecule has 2 fully saturated rings. The van der Waals surface area contributed by atoms with Gasteiger partial charge in [-0.25, -0.2) is 4.39 Å². The normalized spacial score (nSPS) is 24.8. The standard InChI is InChI=1S/C18H24FN3O2/c19-16-5-2-1-4-15(16)18(24)22-9-3-8-21(10-11-22)17(23)13-6-7-14(20)12-13/h1-2,4-5,13-14H,3,6-12,20H2. The second-order valence-electron chi connectivity index (χ2n) is 6.72. The largest absolute Gasteiger partial charge is 0.341 e. The molecule has 0 spiro atoms. The highest BCUT2D eigenvalue weighted by Crippen LogP contribution is 2.26. The van der Waals surface area contributed by atoms with Gasteiger partial charge in [0.25, 0.3) is 5.91 Å². The van der Waals surface area contributed by atoms with Crippen molar-refractivity contribution in [3.8, 4) is 0 Å². The molecule has 2 aliphatic rings. The van der Waals surface area contributed by atoms with Gasteiger partial charge in [0.15, 0.2) is 0 Å². The highest BCUT2D eigenvalue weighted by Gasteiger charge is 2.32. The van der Waals surface area contributed by atoms with Gasteiger partial charge in [0.2, 0.25) is 5.91 Å². The zero-order valence-electron chi connectivity index (χ0n) is 13.8. The molecule has 2 amide bonds. The van der Waals surface area contributed by atoms with E-state index in [1.54, 1.807) is 17.0 Å². The van der Waals surface area contributed by atoms with Crippen LogP contribution in [0.3, 0.4) is 0 Å². The summed E-state index contributed by atoms with van der Waals surface area (Å²) in [5.74, 6) is -0.623. The zero-order chi connectivity index (χ0) is 17.1. The van der Waals surface area contributed by atoms with Gasteiger partial charge >= 0.3 is 0 Å². The summed E-state index contributed by atoms with van der Waals surface area (Å²) in [5, 5.41) is 0. The predicted octanol–water partition coefficient (Wildman–Crippen LogP) is 1.63. The third kappa shape index (κ3) is 3.59. The fraction of sp³-hybridized carbons (Fsp3) is 0.556. The molecule has 1 aliphatic carbocycles. The molecule has 2 unspecified atom stereocenters. The van der Waals surface area contributed by atoms with Crippen LogP contribution in [0.25, 0.3) is 0 Å². The number of nitrogens with zero attached hydrogens (tertiary/aromatic N) is 2. The average molecular weight is 333 g/mol. The Morgan fingerprint density at radius 1 is 1.04 bits per heavy atom. The Hall–Kier alpha value is -1.95. The number of amides is 2. The number of nitrogens with two attached hydrogens (primary N) is 1. The van der Waals surface area contributed by atoms with E-state index in [1.165, 1.54) is 12.1 Å². The van der Waals surface area contributed by atoms with Gasteiger partial charge in [-0.15, -0.1) is 0 Å². The molecule has 2 atom stereocenters. The van der Waals surface area contributed by atoms with Gasteiger partial charge in [-0.2, -0.15) is 0 Å². The summed E-state index contributed by atoms with van der Waals surface area (Å²) in [4.78, 5) is 28.6. The van der Waals surface area contributed by atoms with E-state index in [9.17, 15) is 14.0 Å². The van der Waals surface area contributed by atoms with Crippen LogP contribution in [0.5, 0.6) is 0 Å². The van der Waals surface area contributed by atoms with Crippen molar-refractivity contribution < 1.29 is 14.0 Å².